The molecule has 0 aromatic carbocycles. The summed E-state index contributed by atoms with van der Waals surface area (Å²) in [5.41, 5.74) is 0. The van der Waals surface area contributed by atoms with E-state index in [2.05, 4.69) is 178 Å². The molecule has 0 spiro atoms. The van der Waals surface area contributed by atoms with E-state index in [9.17, 15) is 28.8 Å². The summed E-state index contributed by atoms with van der Waals surface area (Å²) >= 11 is 0. The molecular formula is C120H252N16O6+6. The maximum atomic E-state index is 14.2. The lowest BCUT2D eigenvalue weighted by molar-refractivity contribution is -0.889. The van der Waals surface area contributed by atoms with Gasteiger partial charge >= 0.3 is 0 Å². The number of carbonyl (C=O) groups excluding carboxylic acids is 6. The van der Waals surface area contributed by atoms with Crippen molar-refractivity contribution in [2.24, 2.45) is 0 Å². The first-order chi connectivity index (χ1) is 68.2. The molecule has 0 bridgehead atoms. The van der Waals surface area contributed by atoms with E-state index in [-0.39, 0.29) is 35.4 Å². The second kappa shape index (κ2) is 94.6. The van der Waals surface area contributed by atoms with Crippen LogP contribution < -0.4 is 31.9 Å². The molecule has 0 fully saturated rings. The molecule has 0 aliphatic heterocycles. The van der Waals surface area contributed by atoms with Gasteiger partial charge in [0.15, 0.2) is 0 Å². The number of nitrogens with zero attached hydrogens (tertiary/aromatic N) is 10. The molecule has 0 aliphatic carbocycles. The minimum Gasteiger partial charge on any atom is -0.350 e. The fraction of sp³-hybridized carbons (Fsp3) is 0.950. The molecule has 0 aliphatic rings. The minimum absolute atomic E-state index is 0.0265. The third kappa shape index (κ3) is 96.0. The van der Waals surface area contributed by atoms with Crippen molar-refractivity contribution in [2.45, 2.75) is 465 Å². The Morgan fingerprint density at radius 2 is 0.239 bits per heavy atom. The maximum Gasteiger partial charge on any atom is 0.221 e. The smallest absolute Gasteiger partial charge is 0.221 e. The first-order valence-electron chi connectivity index (χ1n) is 61.7. The van der Waals surface area contributed by atoms with Crippen molar-refractivity contribution in [3.63, 3.8) is 0 Å². The van der Waals surface area contributed by atoms with E-state index in [0.29, 0.717) is 156 Å². The first kappa shape index (κ1) is 138. The van der Waals surface area contributed by atoms with E-state index in [1.165, 1.54) is 385 Å². The number of nitrogens with one attached hydrogen (secondary N) is 6. The van der Waals surface area contributed by atoms with Crippen LogP contribution in [0.25, 0.3) is 0 Å². The van der Waals surface area contributed by atoms with Crippen molar-refractivity contribution in [3.05, 3.63) is 0 Å². The van der Waals surface area contributed by atoms with Crippen LogP contribution in [-0.2, 0) is 28.8 Å². The molecule has 22 heteroatoms. The second-order valence-corrected chi connectivity index (χ2v) is 48.4. The molecule has 0 heterocycles. The zero-order valence-corrected chi connectivity index (χ0v) is 98.8. The summed E-state index contributed by atoms with van der Waals surface area (Å²) in [4.78, 5) is 94.8. The highest BCUT2D eigenvalue weighted by Gasteiger charge is 2.25. The van der Waals surface area contributed by atoms with Crippen LogP contribution in [0.2, 0.25) is 0 Å². The summed E-state index contributed by atoms with van der Waals surface area (Å²) in [5, 5.41) is 20.0. The number of unbranched alkanes of at least 4 members (excludes halogenated alkanes) is 54. The third-order valence-electron chi connectivity index (χ3n) is 31.1. The van der Waals surface area contributed by atoms with E-state index in [0.717, 1.165) is 105 Å². The van der Waals surface area contributed by atoms with E-state index in [1.54, 1.807) is 0 Å². The number of quaternary nitrogens is 6. The van der Waals surface area contributed by atoms with Crippen molar-refractivity contribution in [1.29, 1.82) is 0 Å². The Bertz CT molecular complexity index is 2390. The van der Waals surface area contributed by atoms with Gasteiger partial charge in [0.1, 0.15) is 0 Å². The molecule has 0 saturated carbocycles. The molecule has 0 saturated heterocycles. The van der Waals surface area contributed by atoms with Gasteiger partial charge in [-0.1, -0.05) is 350 Å². The van der Waals surface area contributed by atoms with Gasteiger partial charge in [-0.3, -0.25) is 33.7 Å². The van der Waals surface area contributed by atoms with Crippen molar-refractivity contribution >= 4 is 35.4 Å². The highest BCUT2D eigenvalue weighted by Crippen LogP contribution is 2.21. The predicted octanol–water partition coefficient (Wildman–Crippen LogP) is 23.2. The number of amides is 6. The maximum absolute atomic E-state index is 14.2. The van der Waals surface area contributed by atoms with Gasteiger partial charge in [0.05, 0.1) is 202 Å². The number of likely N-dealkylation sites (N-methyl/N-ethyl adjacent to an activating group) is 6. The third-order valence-corrected chi connectivity index (χ3v) is 31.1. The number of hydrogen-bond acceptors (Lipinski definition) is 10. The van der Waals surface area contributed by atoms with Gasteiger partial charge in [0, 0.05) is 117 Å². The Morgan fingerprint density at radius 1 is 0.141 bits per heavy atom. The Balaban J connectivity index is 7.64. The van der Waals surface area contributed by atoms with Crippen molar-refractivity contribution in [1.82, 2.24) is 51.5 Å². The second-order valence-electron chi connectivity index (χ2n) is 48.4. The molecule has 0 aromatic heterocycles. The molecule has 142 heavy (non-hydrogen) atoms. The molecular weight excluding hydrogens is 1760 g/mol. The predicted molar refractivity (Wildman–Crippen MR) is 614 cm³/mol. The number of hydrogen-bond donors (Lipinski definition) is 6. The van der Waals surface area contributed by atoms with Crippen LogP contribution in [0, 0.1) is 0 Å². The van der Waals surface area contributed by atoms with Crippen LogP contribution in [-0.4, -0.2) is 363 Å². The average Bonchev–Trinajstić information content (AvgIpc) is 0.940. The van der Waals surface area contributed by atoms with Gasteiger partial charge in [0.25, 0.3) is 0 Å². The molecule has 6 amide bonds. The molecule has 0 aromatic rings. The minimum atomic E-state index is 0.0265. The molecule has 0 rings (SSSR count). The van der Waals surface area contributed by atoms with Gasteiger partial charge in [-0.2, -0.15) is 0 Å². The van der Waals surface area contributed by atoms with Gasteiger partial charge in [-0.15, -0.1) is 0 Å². The lowest BCUT2D eigenvalue weighted by Gasteiger charge is -2.32. The topological polar surface area (TPSA) is 188 Å². The first-order valence-corrected chi connectivity index (χ1v) is 61.7. The highest BCUT2D eigenvalue weighted by atomic mass is 16.2. The molecule has 842 valence electrons. The fourth-order valence-corrected chi connectivity index (χ4v) is 20.1. The molecule has 22 nitrogen and oxygen atoms in total. The summed E-state index contributed by atoms with van der Waals surface area (Å²) in [7, 11) is 27.6. The Kier molecular flexibility index (Phi) is 92.2. The van der Waals surface area contributed by atoms with Crippen LogP contribution in [0.5, 0.6) is 0 Å². The van der Waals surface area contributed by atoms with Crippen LogP contribution in [0.1, 0.15) is 465 Å². The summed E-state index contributed by atoms with van der Waals surface area (Å²) < 4.78 is 5.19. The molecule has 0 atom stereocenters. The zero-order valence-electron chi connectivity index (χ0n) is 98.8. The number of rotatable bonds is 111. The Hall–Kier alpha value is -3.58. The quantitative estimate of drug-likeness (QED) is 0.0253. The molecule has 0 radical (unpaired) electrons. The van der Waals surface area contributed by atoms with E-state index >= 15 is 0 Å². The van der Waals surface area contributed by atoms with Crippen LogP contribution in [0.3, 0.4) is 0 Å². The number of carbonyl (C=O) groups is 6. The summed E-state index contributed by atoms with van der Waals surface area (Å²) in [6, 6.07) is 0. The zero-order chi connectivity index (χ0) is 105. The normalized spacial score (nSPS) is 12.5. The van der Waals surface area contributed by atoms with Gasteiger partial charge in [-0.05, 0) is 77.0 Å². The SMILES string of the molecule is CCCCCCCCCCCC[N+](C)(C)CCNC(=O)CCN(CCC(=O)NCC[N+](C)(C)CCCCCCCCCCCC)CCN(CCN(CCC(=O)NCC[N+](C)(C)CCCCCCCCCCCC)CCC(=O)NCC[N+](C)(C)CCCCCCCCCCCC)CCN(CCC(=O)NCC[N+](C)(C)CCCCCCCCCCCC)CCC(=O)NCC[N+](C)(C)CCCCCCCCCCCC. The fourth-order valence-electron chi connectivity index (χ4n) is 20.1. The summed E-state index contributed by atoms with van der Waals surface area (Å²) in [6.45, 7) is 35.7. The van der Waals surface area contributed by atoms with E-state index in [1.807, 2.05) is 0 Å². The summed E-state index contributed by atoms with van der Waals surface area (Å²) in [5.74, 6) is 0.159. The van der Waals surface area contributed by atoms with Gasteiger partial charge in [-0.25, -0.2) is 0 Å². The monoisotopic (exact) mass is 2010 g/mol. The van der Waals surface area contributed by atoms with Crippen molar-refractivity contribution < 1.29 is 55.7 Å². The molecule has 0 unspecified atom stereocenters. The van der Waals surface area contributed by atoms with Crippen LogP contribution >= 0.6 is 0 Å². The lowest BCUT2D eigenvalue weighted by atomic mass is 10.1. The van der Waals surface area contributed by atoms with E-state index in [4.69, 9.17) is 0 Å². The van der Waals surface area contributed by atoms with Crippen molar-refractivity contribution in [2.75, 3.05) is 281 Å². The lowest BCUT2D eigenvalue weighted by Crippen LogP contribution is -2.47. The van der Waals surface area contributed by atoms with Gasteiger partial charge < -0.3 is 73.5 Å². The van der Waals surface area contributed by atoms with Crippen molar-refractivity contribution in [3.8, 4) is 0 Å². The van der Waals surface area contributed by atoms with Crippen LogP contribution in [0.15, 0.2) is 0 Å². The van der Waals surface area contributed by atoms with Crippen LogP contribution in [0.4, 0.5) is 0 Å². The Morgan fingerprint density at radius 3 is 0.352 bits per heavy atom. The highest BCUT2D eigenvalue weighted by molar-refractivity contribution is 5.78. The molecule has 6 N–H and O–H groups in total. The van der Waals surface area contributed by atoms with Gasteiger partial charge in [0.2, 0.25) is 35.4 Å². The summed E-state index contributed by atoms with van der Waals surface area (Å²) in [6.07, 6.45) is 80.6. The largest absolute Gasteiger partial charge is 0.350 e. The standard InChI is InChI=1S/C120H246N16O6/c1-19-25-31-37-43-49-55-61-67-73-103-131(7,8)109-85-121-115(137)79-91-127(92-80-116(138)122-86-110-132(9,10)104-74-68-62-56-50-44-38-32-26-20-2)97-100-130(101-98-128(93-81-117(139)123-87-111-133(11,12)105-75-69-63-57-51-45-39-33-27-21-3)94-82-118(140)124-88-112-134(13,14)106-76-70-64-58-52-46-40-34-28-22-4)102-99-129(95-83-119(141)125-89-113-135(15,16)107-77-71-65-59-53-47-41-35-29-23-5)96-84-120(142)126-90-114-136(17,18)108-78-72-66-60-54-48-42-36-30-24-6/h19-114H2,1-18H3/p+6. The Labute approximate surface area is 883 Å². The average molecular weight is 2020 g/mol. The van der Waals surface area contributed by atoms with E-state index < -0.39 is 0 Å².